The molecule has 1 aromatic heterocycles. The van der Waals surface area contributed by atoms with Gasteiger partial charge >= 0.3 is 5.97 Å². The number of nitrogens with one attached hydrogen (secondary N) is 5. The van der Waals surface area contributed by atoms with Gasteiger partial charge in [-0.1, -0.05) is 32.1 Å². The highest BCUT2D eigenvalue weighted by atomic mass is 16.4. The minimum Gasteiger partial charge on any atom is -0.480 e. The summed E-state index contributed by atoms with van der Waals surface area (Å²) in [5, 5.41) is 23.1. The SMILES string of the molecule is CC(C)C[C@H](NC(=O)[C@H](Cc1ccccn1)NC(=O)[C@@H]1C/C=C/C[C@H](N)C(=O)N[C@@H](CCCCN)C(=O)N[C@@H](CCCCN)C(=O)N1)C(=O)O. The average molecular weight is 702 g/mol. The Morgan fingerprint density at radius 3 is 2.02 bits per heavy atom. The van der Waals surface area contributed by atoms with Gasteiger partial charge < -0.3 is 48.9 Å². The molecule has 16 nitrogen and oxygen atoms in total. The first-order valence-corrected chi connectivity index (χ1v) is 17.3. The number of carbonyl (C=O) groups excluding carboxylic acids is 5. The molecule has 6 atom stereocenters. The van der Waals surface area contributed by atoms with Gasteiger partial charge in [0.05, 0.1) is 6.04 Å². The fraction of sp³-hybridized carbons (Fsp3) is 0.618. The van der Waals surface area contributed by atoms with Crippen molar-refractivity contribution in [3.05, 3.63) is 42.2 Å². The van der Waals surface area contributed by atoms with E-state index in [1.807, 2.05) is 13.8 Å². The summed E-state index contributed by atoms with van der Waals surface area (Å²) in [6.07, 6.45) is 7.62. The molecule has 1 aliphatic rings. The molecule has 16 heteroatoms. The van der Waals surface area contributed by atoms with E-state index in [-0.39, 0.29) is 44.4 Å². The monoisotopic (exact) mass is 701 g/mol. The summed E-state index contributed by atoms with van der Waals surface area (Å²) in [7, 11) is 0. The van der Waals surface area contributed by atoms with Gasteiger partial charge in [0, 0.05) is 18.3 Å². The van der Waals surface area contributed by atoms with E-state index in [0.717, 1.165) is 0 Å². The van der Waals surface area contributed by atoms with Crippen molar-refractivity contribution < 1.29 is 33.9 Å². The summed E-state index contributed by atoms with van der Waals surface area (Å²) < 4.78 is 0. The molecule has 1 aliphatic heterocycles. The number of aliphatic carboxylic acids is 1. The fourth-order valence-electron chi connectivity index (χ4n) is 5.34. The first kappa shape index (κ1) is 41.8. The van der Waals surface area contributed by atoms with Crippen LogP contribution in [0.2, 0.25) is 0 Å². The summed E-state index contributed by atoms with van der Waals surface area (Å²) in [6, 6.07) is -1.60. The number of carbonyl (C=O) groups is 6. The fourth-order valence-corrected chi connectivity index (χ4v) is 5.34. The van der Waals surface area contributed by atoms with E-state index in [2.05, 4.69) is 31.6 Å². The van der Waals surface area contributed by atoms with Crippen LogP contribution in [0.4, 0.5) is 0 Å². The zero-order chi connectivity index (χ0) is 37.1. The van der Waals surface area contributed by atoms with Crippen molar-refractivity contribution >= 4 is 35.5 Å². The Morgan fingerprint density at radius 1 is 0.860 bits per heavy atom. The number of amides is 5. The summed E-state index contributed by atoms with van der Waals surface area (Å²) in [4.78, 5) is 83.6. The summed E-state index contributed by atoms with van der Waals surface area (Å²) in [5.41, 5.74) is 17.9. The molecule has 0 saturated heterocycles. The molecule has 0 spiro atoms. The van der Waals surface area contributed by atoms with Gasteiger partial charge in [-0.2, -0.15) is 0 Å². The lowest BCUT2D eigenvalue weighted by molar-refractivity contribution is -0.142. The lowest BCUT2D eigenvalue weighted by atomic mass is 10.0. The van der Waals surface area contributed by atoms with Crippen molar-refractivity contribution in [2.24, 2.45) is 23.1 Å². The Labute approximate surface area is 293 Å². The Bertz CT molecular complexity index is 1290. The second-order valence-corrected chi connectivity index (χ2v) is 12.9. The van der Waals surface area contributed by atoms with Gasteiger partial charge in [-0.25, -0.2) is 4.79 Å². The first-order chi connectivity index (χ1) is 23.9. The normalized spacial score (nSPS) is 22.2. The van der Waals surface area contributed by atoms with Gasteiger partial charge in [-0.15, -0.1) is 0 Å². The minimum absolute atomic E-state index is 0.0364. The van der Waals surface area contributed by atoms with E-state index in [1.165, 1.54) is 6.20 Å². The number of pyridine rings is 1. The number of carboxylic acids is 1. The van der Waals surface area contributed by atoms with Crippen LogP contribution in [0.1, 0.15) is 77.3 Å². The van der Waals surface area contributed by atoms with Crippen LogP contribution in [0.15, 0.2) is 36.5 Å². The molecule has 1 aromatic rings. The van der Waals surface area contributed by atoms with Crippen LogP contribution in [0.25, 0.3) is 0 Å². The van der Waals surface area contributed by atoms with Gasteiger partial charge in [0.1, 0.15) is 30.2 Å². The van der Waals surface area contributed by atoms with E-state index in [0.29, 0.717) is 44.5 Å². The molecule has 0 unspecified atom stereocenters. The smallest absolute Gasteiger partial charge is 0.326 e. The molecule has 0 radical (unpaired) electrons. The molecular formula is C34H55N9O7. The topological polar surface area (TPSA) is 274 Å². The van der Waals surface area contributed by atoms with E-state index in [1.54, 1.807) is 30.4 Å². The van der Waals surface area contributed by atoms with Crippen molar-refractivity contribution in [3.63, 3.8) is 0 Å². The van der Waals surface area contributed by atoms with Crippen LogP contribution >= 0.6 is 0 Å². The quantitative estimate of drug-likeness (QED) is 0.0710. The van der Waals surface area contributed by atoms with Crippen LogP contribution in [-0.4, -0.2) is 94.9 Å². The van der Waals surface area contributed by atoms with E-state index < -0.39 is 71.8 Å². The van der Waals surface area contributed by atoms with E-state index in [9.17, 15) is 33.9 Å². The lowest BCUT2D eigenvalue weighted by Crippen LogP contribution is -2.59. The summed E-state index contributed by atoms with van der Waals surface area (Å²) in [6.45, 7) is 4.42. The maximum atomic E-state index is 13.9. The zero-order valence-electron chi connectivity index (χ0n) is 29.1. The van der Waals surface area contributed by atoms with Gasteiger partial charge in [0.2, 0.25) is 29.5 Å². The highest BCUT2D eigenvalue weighted by Gasteiger charge is 2.33. The zero-order valence-corrected chi connectivity index (χ0v) is 29.1. The summed E-state index contributed by atoms with van der Waals surface area (Å²) >= 11 is 0. The molecule has 2 rings (SSSR count). The Balaban J connectivity index is 2.41. The molecule has 50 heavy (non-hydrogen) atoms. The van der Waals surface area contributed by atoms with Crippen LogP contribution < -0.4 is 43.8 Å². The number of nitrogens with zero attached hydrogens (tertiary/aromatic N) is 1. The number of nitrogens with two attached hydrogens (primary N) is 3. The number of unbranched alkanes of at least 4 members (excludes halogenated alkanes) is 2. The largest absolute Gasteiger partial charge is 0.480 e. The minimum atomic E-state index is -1.24. The molecule has 278 valence electrons. The number of hydrogen-bond donors (Lipinski definition) is 9. The van der Waals surface area contributed by atoms with Crippen LogP contribution in [0, 0.1) is 5.92 Å². The number of aromatic nitrogens is 1. The maximum absolute atomic E-state index is 13.9. The summed E-state index contributed by atoms with van der Waals surface area (Å²) in [5.74, 6) is -4.47. The van der Waals surface area contributed by atoms with Crippen molar-refractivity contribution in [2.45, 2.75) is 114 Å². The number of hydrogen-bond acceptors (Lipinski definition) is 10. The maximum Gasteiger partial charge on any atom is 0.326 e. The third-order valence-corrected chi connectivity index (χ3v) is 8.15. The predicted octanol–water partition coefficient (Wildman–Crippen LogP) is -0.886. The van der Waals surface area contributed by atoms with Crippen LogP contribution in [-0.2, 0) is 35.2 Å². The van der Waals surface area contributed by atoms with Crippen LogP contribution in [0.3, 0.4) is 0 Å². The number of carboxylic acid groups (broad SMARTS) is 1. The molecule has 0 saturated carbocycles. The van der Waals surface area contributed by atoms with Crippen molar-refractivity contribution in [2.75, 3.05) is 13.1 Å². The molecule has 0 aromatic carbocycles. The Kier molecular flexibility index (Phi) is 18.7. The molecule has 5 amide bonds. The third kappa shape index (κ3) is 15.0. The highest BCUT2D eigenvalue weighted by Crippen LogP contribution is 2.10. The van der Waals surface area contributed by atoms with Crippen molar-refractivity contribution in [1.29, 1.82) is 0 Å². The Hall–Kier alpha value is -4.41. The lowest BCUT2D eigenvalue weighted by Gasteiger charge is -2.27. The second-order valence-electron chi connectivity index (χ2n) is 12.9. The second kappa shape index (κ2) is 22.3. The van der Waals surface area contributed by atoms with E-state index in [4.69, 9.17) is 17.2 Å². The molecule has 12 N–H and O–H groups in total. The van der Waals surface area contributed by atoms with Gasteiger partial charge in [0.15, 0.2) is 0 Å². The highest BCUT2D eigenvalue weighted by molar-refractivity contribution is 5.96. The predicted molar refractivity (Wildman–Crippen MR) is 187 cm³/mol. The molecular weight excluding hydrogens is 646 g/mol. The molecule has 0 bridgehead atoms. The van der Waals surface area contributed by atoms with Crippen molar-refractivity contribution in [1.82, 2.24) is 31.6 Å². The molecule has 0 aliphatic carbocycles. The van der Waals surface area contributed by atoms with Crippen LogP contribution in [0.5, 0.6) is 0 Å². The van der Waals surface area contributed by atoms with Crippen molar-refractivity contribution in [3.8, 4) is 0 Å². The molecule has 2 heterocycles. The third-order valence-electron chi connectivity index (χ3n) is 8.15. The average Bonchev–Trinajstić information content (AvgIpc) is 3.07. The first-order valence-electron chi connectivity index (χ1n) is 17.3. The van der Waals surface area contributed by atoms with E-state index >= 15 is 0 Å². The van der Waals surface area contributed by atoms with Gasteiger partial charge in [-0.05, 0) is 88.9 Å². The van der Waals surface area contributed by atoms with Gasteiger partial charge in [-0.3, -0.25) is 29.0 Å². The molecule has 0 fully saturated rings. The Morgan fingerprint density at radius 2 is 1.46 bits per heavy atom. The van der Waals surface area contributed by atoms with Gasteiger partial charge in [0.25, 0.3) is 0 Å². The standard InChI is InChI=1S/C34H55N9O7/c1-21(2)19-28(34(49)50)43-33(48)27(20-22-11-7-10-18-38-22)42-32(47)25-13-4-3-12-23(37)29(44)39-24(14-5-8-16-35)30(45)41-26(31(46)40-25)15-6-9-17-36/h3-4,7,10-11,18,21,23-28H,5-6,8-9,12-17,19-20,35-37H2,1-2H3,(H,39,44)(H,40,46)(H,41,45)(H,42,47)(H,43,48)(H,49,50)/b4-3+/t23-,24-,25-,26-,27-,28-/m0/s1. The number of rotatable bonds is 17.